The number of hydrogen-bond donors (Lipinski definition) is 2. The number of nitrogens with one attached hydrogen (secondary N) is 1. The van der Waals surface area contributed by atoms with Gasteiger partial charge in [0.25, 0.3) is 0 Å². The van der Waals surface area contributed by atoms with Gasteiger partial charge < -0.3 is 15.3 Å². The molecule has 0 radical (unpaired) electrons. The fourth-order valence-corrected chi connectivity index (χ4v) is 2.44. The first-order valence-electron chi connectivity index (χ1n) is 7.75. The van der Waals surface area contributed by atoms with Crippen molar-refractivity contribution in [3.63, 3.8) is 0 Å². The van der Waals surface area contributed by atoms with E-state index in [0.29, 0.717) is 5.75 Å². The summed E-state index contributed by atoms with van der Waals surface area (Å²) in [5.41, 5.74) is 2.38. The quantitative estimate of drug-likeness (QED) is 0.484. The summed E-state index contributed by atoms with van der Waals surface area (Å²) < 4.78 is 1.80. The highest BCUT2D eigenvalue weighted by Crippen LogP contribution is 2.10. The topological polar surface area (TPSA) is 65.7 Å². The summed E-state index contributed by atoms with van der Waals surface area (Å²) in [5.74, 6) is 1.18. The van der Waals surface area contributed by atoms with Gasteiger partial charge in [-0.1, -0.05) is 12.1 Å². The molecule has 1 aromatic heterocycles. The van der Waals surface area contributed by atoms with Gasteiger partial charge in [-0.15, -0.1) is 0 Å². The Kier molecular flexibility index (Phi) is 6.02. The first-order valence-corrected chi connectivity index (χ1v) is 7.75. The Balaban J connectivity index is 1.75. The predicted octanol–water partition coefficient (Wildman–Crippen LogP) is 1.77. The van der Waals surface area contributed by atoms with E-state index in [1.807, 2.05) is 38.6 Å². The highest BCUT2D eigenvalue weighted by Gasteiger charge is 2.07. The second-order valence-corrected chi connectivity index (χ2v) is 5.62. The van der Waals surface area contributed by atoms with Crippen LogP contribution in [-0.4, -0.2) is 46.4 Å². The molecule has 1 heterocycles. The van der Waals surface area contributed by atoms with Gasteiger partial charge in [0.1, 0.15) is 5.75 Å². The predicted molar refractivity (Wildman–Crippen MR) is 92.5 cm³/mol. The van der Waals surface area contributed by atoms with E-state index in [4.69, 9.17) is 0 Å². The second kappa shape index (κ2) is 8.22. The standard InChI is InChI=1S/C17H25N5O/c1-18-17(21(2)12-15-11-20-22(3)13-15)19-10-4-5-14-6-8-16(23)9-7-14/h6-9,11,13,23H,4-5,10,12H2,1-3H3,(H,18,19). The summed E-state index contributed by atoms with van der Waals surface area (Å²) >= 11 is 0. The third kappa shape index (κ3) is 5.32. The van der Waals surface area contributed by atoms with Crippen molar-refractivity contribution in [1.82, 2.24) is 20.0 Å². The third-order valence-electron chi connectivity index (χ3n) is 3.61. The first kappa shape index (κ1) is 16.9. The van der Waals surface area contributed by atoms with E-state index < -0.39 is 0 Å². The number of aryl methyl sites for hydroxylation is 2. The summed E-state index contributed by atoms with van der Waals surface area (Å²) in [6.07, 6.45) is 5.85. The van der Waals surface area contributed by atoms with E-state index in [9.17, 15) is 5.11 Å². The van der Waals surface area contributed by atoms with Crippen LogP contribution in [0.4, 0.5) is 0 Å². The van der Waals surface area contributed by atoms with Gasteiger partial charge in [0.15, 0.2) is 5.96 Å². The number of hydrogen-bond acceptors (Lipinski definition) is 3. The Morgan fingerprint density at radius 3 is 2.65 bits per heavy atom. The van der Waals surface area contributed by atoms with Crippen LogP contribution >= 0.6 is 0 Å². The minimum atomic E-state index is 0.310. The lowest BCUT2D eigenvalue weighted by atomic mass is 10.1. The van der Waals surface area contributed by atoms with Crippen LogP contribution in [0, 0.1) is 0 Å². The van der Waals surface area contributed by atoms with Gasteiger partial charge in [-0.05, 0) is 30.5 Å². The number of aromatic hydroxyl groups is 1. The van der Waals surface area contributed by atoms with Gasteiger partial charge in [-0.25, -0.2) is 0 Å². The zero-order chi connectivity index (χ0) is 16.7. The maximum absolute atomic E-state index is 9.28. The summed E-state index contributed by atoms with van der Waals surface area (Å²) in [6.45, 7) is 1.62. The number of benzene rings is 1. The molecule has 0 bridgehead atoms. The van der Waals surface area contributed by atoms with E-state index in [1.165, 1.54) is 5.56 Å². The van der Waals surface area contributed by atoms with Crippen LogP contribution in [0.5, 0.6) is 5.75 Å². The summed E-state index contributed by atoms with van der Waals surface area (Å²) in [5, 5.41) is 16.8. The Hall–Kier alpha value is -2.50. The van der Waals surface area contributed by atoms with Crippen molar-refractivity contribution in [3.8, 4) is 5.75 Å². The molecule has 23 heavy (non-hydrogen) atoms. The SMILES string of the molecule is CN=C(NCCCc1ccc(O)cc1)N(C)Cc1cnn(C)c1. The molecule has 0 atom stereocenters. The van der Waals surface area contributed by atoms with E-state index in [0.717, 1.165) is 37.5 Å². The molecule has 0 aliphatic carbocycles. The summed E-state index contributed by atoms with van der Waals surface area (Å²) in [4.78, 5) is 6.40. The number of rotatable bonds is 6. The van der Waals surface area contributed by atoms with Crippen LogP contribution in [0.1, 0.15) is 17.5 Å². The molecule has 124 valence electrons. The summed E-state index contributed by atoms with van der Waals surface area (Å²) in [6, 6.07) is 7.37. The largest absolute Gasteiger partial charge is 0.508 e. The van der Waals surface area contributed by atoms with Gasteiger partial charge in [0, 0.05) is 46.0 Å². The van der Waals surface area contributed by atoms with E-state index in [-0.39, 0.29) is 0 Å². The number of phenols is 1. The molecule has 2 aromatic rings. The molecule has 0 fully saturated rings. The van der Waals surface area contributed by atoms with Crippen LogP contribution in [0.25, 0.3) is 0 Å². The van der Waals surface area contributed by atoms with Gasteiger partial charge in [-0.3, -0.25) is 9.67 Å². The monoisotopic (exact) mass is 315 g/mol. The summed E-state index contributed by atoms with van der Waals surface area (Å²) in [7, 11) is 5.73. The van der Waals surface area contributed by atoms with E-state index in [1.54, 1.807) is 23.9 Å². The van der Waals surface area contributed by atoms with Crippen LogP contribution in [0.2, 0.25) is 0 Å². The minimum absolute atomic E-state index is 0.310. The number of nitrogens with zero attached hydrogens (tertiary/aromatic N) is 4. The molecule has 0 aliphatic heterocycles. The average Bonchev–Trinajstić information content (AvgIpc) is 2.94. The lowest BCUT2D eigenvalue weighted by Gasteiger charge is -2.21. The maximum atomic E-state index is 9.28. The number of phenolic OH excluding ortho intramolecular Hbond substituents is 1. The first-order chi connectivity index (χ1) is 11.1. The Morgan fingerprint density at radius 2 is 2.04 bits per heavy atom. The van der Waals surface area contributed by atoms with Crippen molar-refractivity contribution >= 4 is 5.96 Å². The minimum Gasteiger partial charge on any atom is -0.508 e. The molecule has 0 unspecified atom stereocenters. The number of aromatic nitrogens is 2. The molecule has 0 saturated carbocycles. The van der Waals surface area contributed by atoms with Crippen molar-refractivity contribution in [1.29, 1.82) is 0 Å². The third-order valence-corrected chi connectivity index (χ3v) is 3.61. The highest BCUT2D eigenvalue weighted by molar-refractivity contribution is 5.79. The van der Waals surface area contributed by atoms with Crippen molar-refractivity contribution < 1.29 is 5.11 Å². The smallest absolute Gasteiger partial charge is 0.193 e. The van der Waals surface area contributed by atoms with Crippen molar-refractivity contribution in [3.05, 3.63) is 47.8 Å². The average molecular weight is 315 g/mol. The Morgan fingerprint density at radius 1 is 1.30 bits per heavy atom. The van der Waals surface area contributed by atoms with Crippen LogP contribution in [-0.2, 0) is 20.0 Å². The highest BCUT2D eigenvalue weighted by atomic mass is 16.3. The Labute approximate surface area is 137 Å². The fraction of sp³-hybridized carbons (Fsp3) is 0.412. The molecule has 0 spiro atoms. The fourth-order valence-electron chi connectivity index (χ4n) is 2.44. The van der Waals surface area contributed by atoms with Gasteiger partial charge in [-0.2, -0.15) is 5.10 Å². The van der Waals surface area contributed by atoms with Crippen molar-refractivity contribution in [2.24, 2.45) is 12.0 Å². The molecule has 1 aromatic carbocycles. The normalized spacial score (nSPS) is 11.5. The molecule has 0 saturated heterocycles. The molecule has 0 amide bonds. The maximum Gasteiger partial charge on any atom is 0.193 e. The van der Waals surface area contributed by atoms with Crippen LogP contribution < -0.4 is 5.32 Å². The van der Waals surface area contributed by atoms with Crippen LogP contribution in [0.15, 0.2) is 41.7 Å². The van der Waals surface area contributed by atoms with Gasteiger partial charge in [0.05, 0.1) is 6.20 Å². The molecule has 6 nitrogen and oxygen atoms in total. The number of guanidine groups is 1. The van der Waals surface area contributed by atoms with E-state index >= 15 is 0 Å². The van der Waals surface area contributed by atoms with Gasteiger partial charge in [0.2, 0.25) is 0 Å². The second-order valence-electron chi connectivity index (χ2n) is 5.62. The van der Waals surface area contributed by atoms with Crippen LogP contribution in [0.3, 0.4) is 0 Å². The van der Waals surface area contributed by atoms with E-state index in [2.05, 4.69) is 20.3 Å². The van der Waals surface area contributed by atoms with Crippen molar-refractivity contribution in [2.45, 2.75) is 19.4 Å². The lowest BCUT2D eigenvalue weighted by molar-refractivity contribution is 0.474. The van der Waals surface area contributed by atoms with Gasteiger partial charge >= 0.3 is 0 Å². The molecule has 2 rings (SSSR count). The zero-order valence-corrected chi connectivity index (χ0v) is 14.0. The molecular formula is C17H25N5O. The van der Waals surface area contributed by atoms with Crippen molar-refractivity contribution in [2.75, 3.05) is 20.6 Å². The molecule has 2 N–H and O–H groups in total. The Bertz CT molecular complexity index is 633. The molecule has 6 heteroatoms. The molecule has 0 aliphatic rings. The number of aliphatic imine (C=N–C) groups is 1. The molecular weight excluding hydrogens is 290 g/mol. The lowest BCUT2D eigenvalue weighted by Crippen LogP contribution is -2.38. The zero-order valence-electron chi connectivity index (χ0n) is 14.0.